The van der Waals surface area contributed by atoms with E-state index in [0.717, 1.165) is 5.39 Å². The van der Waals surface area contributed by atoms with E-state index in [1.165, 1.54) is 12.1 Å². The molecule has 3 aromatic rings. The lowest BCUT2D eigenvalue weighted by Gasteiger charge is -2.02. The van der Waals surface area contributed by atoms with Gasteiger partial charge in [0.1, 0.15) is 5.82 Å². The van der Waals surface area contributed by atoms with Crippen LogP contribution in [-0.4, -0.2) is 5.16 Å². The van der Waals surface area contributed by atoms with Gasteiger partial charge in [-0.25, -0.2) is 4.39 Å². The number of hydrogen-bond acceptors (Lipinski definition) is 3. The number of aromatic nitrogens is 1. The van der Waals surface area contributed by atoms with E-state index in [2.05, 4.69) is 10.5 Å². The Hall–Kier alpha value is -2.36. The third-order valence-corrected chi connectivity index (χ3v) is 2.46. The number of anilines is 2. The van der Waals surface area contributed by atoms with E-state index in [9.17, 15) is 4.39 Å². The first-order valence-electron chi connectivity index (χ1n) is 6.20. The third kappa shape index (κ3) is 2.91. The van der Waals surface area contributed by atoms with Gasteiger partial charge in [-0.3, -0.25) is 0 Å². The average Bonchev–Trinajstić information content (AvgIpc) is 2.85. The Morgan fingerprint density at radius 2 is 1.84 bits per heavy atom. The second kappa shape index (κ2) is 6.00. The first-order chi connectivity index (χ1) is 9.33. The van der Waals surface area contributed by atoms with Crippen molar-refractivity contribution < 1.29 is 8.91 Å². The molecule has 3 nitrogen and oxygen atoms in total. The molecular weight excluding hydrogens is 243 g/mol. The zero-order valence-corrected chi connectivity index (χ0v) is 10.9. The molecule has 1 N–H and O–H groups in total. The molecule has 0 saturated carbocycles. The summed E-state index contributed by atoms with van der Waals surface area (Å²) in [5.41, 5.74) is 1.34. The molecule has 19 heavy (non-hydrogen) atoms. The van der Waals surface area contributed by atoms with Gasteiger partial charge < -0.3 is 9.84 Å². The number of nitrogens with one attached hydrogen (secondary N) is 1. The van der Waals surface area contributed by atoms with Gasteiger partial charge in [-0.2, -0.15) is 0 Å². The number of rotatable bonds is 2. The van der Waals surface area contributed by atoms with E-state index >= 15 is 0 Å². The first-order valence-corrected chi connectivity index (χ1v) is 6.20. The third-order valence-electron chi connectivity index (χ3n) is 2.46. The molecule has 0 saturated heterocycles. The van der Waals surface area contributed by atoms with Gasteiger partial charge in [-0.05, 0) is 30.3 Å². The van der Waals surface area contributed by atoms with Crippen LogP contribution in [0.15, 0.2) is 53.1 Å². The van der Waals surface area contributed by atoms with Crippen molar-refractivity contribution >= 4 is 22.5 Å². The molecule has 0 bridgehead atoms. The summed E-state index contributed by atoms with van der Waals surface area (Å²) in [6.45, 7) is 4.00. The minimum atomic E-state index is -0.289. The Bertz CT molecular complexity index is 664. The zero-order valence-electron chi connectivity index (χ0n) is 10.9. The van der Waals surface area contributed by atoms with Crippen LogP contribution in [0.1, 0.15) is 13.8 Å². The van der Waals surface area contributed by atoms with Gasteiger partial charge in [0, 0.05) is 5.69 Å². The lowest BCUT2D eigenvalue weighted by Crippen LogP contribution is -1.91. The molecule has 0 radical (unpaired) electrons. The van der Waals surface area contributed by atoms with Crippen molar-refractivity contribution in [2.45, 2.75) is 13.8 Å². The fourth-order valence-corrected chi connectivity index (χ4v) is 1.68. The van der Waals surface area contributed by atoms with Crippen LogP contribution in [0.3, 0.4) is 0 Å². The fraction of sp³-hybridized carbons (Fsp3) is 0.133. The molecule has 4 heteroatoms. The minimum absolute atomic E-state index is 0.289. The average molecular weight is 258 g/mol. The Morgan fingerprint density at radius 1 is 1.05 bits per heavy atom. The number of fused-ring (bicyclic) bond motifs is 1. The van der Waals surface area contributed by atoms with Crippen LogP contribution in [0, 0.1) is 5.82 Å². The van der Waals surface area contributed by atoms with Gasteiger partial charge in [0.05, 0.1) is 5.39 Å². The highest BCUT2D eigenvalue weighted by atomic mass is 19.1. The Balaban J connectivity index is 0.000000637. The van der Waals surface area contributed by atoms with E-state index in [4.69, 9.17) is 4.52 Å². The van der Waals surface area contributed by atoms with Gasteiger partial charge in [-0.1, -0.05) is 37.2 Å². The molecule has 0 aliphatic heterocycles. The van der Waals surface area contributed by atoms with E-state index in [1.54, 1.807) is 12.1 Å². The van der Waals surface area contributed by atoms with E-state index in [1.807, 2.05) is 38.1 Å². The second-order valence-corrected chi connectivity index (χ2v) is 3.66. The number of nitrogens with zero attached hydrogens (tertiary/aromatic N) is 1. The second-order valence-electron chi connectivity index (χ2n) is 3.66. The molecule has 0 atom stereocenters. The lowest BCUT2D eigenvalue weighted by atomic mass is 10.2. The minimum Gasteiger partial charge on any atom is -0.354 e. The maximum Gasteiger partial charge on any atom is 0.181 e. The van der Waals surface area contributed by atoms with Crippen molar-refractivity contribution in [2.24, 2.45) is 0 Å². The van der Waals surface area contributed by atoms with Gasteiger partial charge in [0.25, 0.3) is 0 Å². The highest BCUT2D eigenvalue weighted by molar-refractivity contribution is 5.89. The van der Waals surface area contributed by atoms with Crippen LogP contribution < -0.4 is 5.32 Å². The largest absolute Gasteiger partial charge is 0.354 e. The van der Waals surface area contributed by atoms with Crippen molar-refractivity contribution in [3.63, 3.8) is 0 Å². The molecule has 2 aromatic carbocycles. The van der Waals surface area contributed by atoms with Crippen LogP contribution >= 0.6 is 0 Å². The van der Waals surface area contributed by atoms with Crippen molar-refractivity contribution in [3.8, 4) is 0 Å². The number of para-hydroxylation sites is 1. The summed E-state index contributed by atoms with van der Waals surface area (Å²) in [4.78, 5) is 0. The number of halogens is 1. The van der Waals surface area contributed by atoms with Crippen molar-refractivity contribution in [1.29, 1.82) is 0 Å². The maximum atomic E-state index is 13.0. The summed E-state index contributed by atoms with van der Waals surface area (Å²) in [7, 11) is 0. The van der Waals surface area contributed by atoms with E-state index in [-0.39, 0.29) is 5.82 Å². The quantitative estimate of drug-likeness (QED) is 0.721. The van der Waals surface area contributed by atoms with Crippen LogP contribution in [0.25, 0.3) is 11.0 Å². The summed E-state index contributed by atoms with van der Waals surface area (Å²) in [5, 5.41) is 7.81. The molecule has 98 valence electrons. The van der Waals surface area contributed by atoms with Crippen LogP contribution in [0.2, 0.25) is 0 Å². The molecule has 0 amide bonds. The molecule has 0 aliphatic carbocycles. The number of hydrogen-bond donors (Lipinski definition) is 1. The van der Waals surface area contributed by atoms with Crippen LogP contribution in [0.5, 0.6) is 0 Å². The molecule has 1 aromatic heterocycles. The Labute approximate surface area is 111 Å². The Kier molecular flexibility index (Phi) is 4.13. The molecule has 0 spiro atoms. The topological polar surface area (TPSA) is 38.1 Å². The molecule has 0 aliphatic rings. The van der Waals surface area contributed by atoms with Crippen LogP contribution in [0.4, 0.5) is 15.9 Å². The summed E-state index contributed by atoms with van der Waals surface area (Å²) in [5.74, 6) is 0.300. The Morgan fingerprint density at radius 3 is 2.63 bits per heavy atom. The smallest absolute Gasteiger partial charge is 0.181 e. The fourth-order valence-electron chi connectivity index (χ4n) is 1.68. The highest BCUT2D eigenvalue weighted by Gasteiger charge is 2.07. The van der Waals surface area contributed by atoms with E-state index < -0.39 is 0 Å². The van der Waals surface area contributed by atoms with Gasteiger partial charge in [-0.15, -0.1) is 0 Å². The maximum absolute atomic E-state index is 13.0. The molecule has 0 fully saturated rings. The molecule has 0 unspecified atom stereocenters. The first kappa shape index (κ1) is 13.1. The summed E-state index contributed by atoms with van der Waals surface area (Å²) in [6.07, 6.45) is 0. The number of benzene rings is 2. The van der Waals surface area contributed by atoms with E-state index in [0.29, 0.717) is 17.1 Å². The highest BCUT2D eigenvalue weighted by Crippen LogP contribution is 2.25. The molecule has 1 heterocycles. The van der Waals surface area contributed by atoms with Crippen molar-refractivity contribution in [1.82, 2.24) is 5.16 Å². The standard InChI is InChI=1S/C13H9FN2O.C2H6/c14-9-4-3-5-10(8-9)15-13-11-6-1-2-7-12(11)17-16-13;1-2/h1-8H,(H,15,16);1-2H3. The summed E-state index contributed by atoms with van der Waals surface area (Å²) >= 11 is 0. The lowest BCUT2D eigenvalue weighted by molar-refractivity contribution is 0.460. The monoisotopic (exact) mass is 258 g/mol. The van der Waals surface area contributed by atoms with Gasteiger partial charge in [0.2, 0.25) is 0 Å². The molecular formula is C15H15FN2O. The predicted octanol–water partition coefficient (Wildman–Crippen LogP) is 4.74. The molecule has 3 rings (SSSR count). The summed E-state index contributed by atoms with van der Waals surface area (Å²) in [6, 6.07) is 13.7. The van der Waals surface area contributed by atoms with Gasteiger partial charge >= 0.3 is 0 Å². The predicted molar refractivity (Wildman–Crippen MR) is 75.0 cm³/mol. The van der Waals surface area contributed by atoms with Gasteiger partial charge in [0.15, 0.2) is 11.4 Å². The normalized spacial score (nSPS) is 9.84. The van der Waals surface area contributed by atoms with Crippen LogP contribution in [-0.2, 0) is 0 Å². The SMILES string of the molecule is CC.Fc1cccc(Nc2noc3ccccc23)c1. The zero-order chi connectivity index (χ0) is 13.7. The van der Waals surface area contributed by atoms with Crippen molar-refractivity contribution in [2.75, 3.05) is 5.32 Å². The summed E-state index contributed by atoms with van der Waals surface area (Å²) < 4.78 is 18.2. The van der Waals surface area contributed by atoms with Crippen molar-refractivity contribution in [3.05, 3.63) is 54.3 Å².